The van der Waals surface area contributed by atoms with E-state index in [9.17, 15) is 9.90 Å². The summed E-state index contributed by atoms with van der Waals surface area (Å²) in [5, 5.41) is 9.35. The normalized spacial score (nSPS) is 36.2. The van der Waals surface area contributed by atoms with Crippen molar-refractivity contribution in [1.82, 2.24) is 0 Å². The van der Waals surface area contributed by atoms with Crippen molar-refractivity contribution in [3.8, 4) is 0 Å². The monoisotopic (exact) mass is 278 g/mol. The standard InChI is InChI=1S/C18H30O2/c1-3-4-17(18(19)20)16-11-9-15(10-12-16)14-7-5-13(2)6-8-14/h3,13-17H,1,4-12H2,2H3,(H,19,20)/t13-,14-,15-,16-,17?. The number of hydrogen-bond donors (Lipinski definition) is 1. The van der Waals surface area contributed by atoms with Gasteiger partial charge in [-0.3, -0.25) is 4.79 Å². The molecule has 2 nitrogen and oxygen atoms in total. The van der Waals surface area contributed by atoms with E-state index in [-0.39, 0.29) is 5.92 Å². The smallest absolute Gasteiger partial charge is 0.307 e. The van der Waals surface area contributed by atoms with Gasteiger partial charge in [-0.2, -0.15) is 0 Å². The molecule has 0 heterocycles. The van der Waals surface area contributed by atoms with Gasteiger partial charge in [-0.1, -0.05) is 25.8 Å². The van der Waals surface area contributed by atoms with Gasteiger partial charge in [0.2, 0.25) is 0 Å². The predicted molar refractivity (Wildman–Crippen MR) is 82.5 cm³/mol. The van der Waals surface area contributed by atoms with Gasteiger partial charge in [0.15, 0.2) is 0 Å². The second-order valence-corrected chi connectivity index (χ2v) is 7.16. The summed E-state index contributed by atoms with van der Waals surface area (Å²) in [5.41, 5.74) is 0. The van der Waals surface area contributed by atoms with E-state index in [4.69, 9.17) is 0 Å². The van der Waals surface area contributed by atoms with Crippen molar-refractivity contribution in [3.05, 3.63) is 12.7 Å². The predicted octanol–water partition coefficient (Wildman–Crippen LogP) is 4.90. The van der Waals surface area contributed by atoms with Gasteiger partial charge in [0.25, 0.3) is 0 Å². The van der Waals surface area contributed by atoms with Gasteiger partial charge in [0, 0.05) is 0 Å². The molecule has 0 radical (unpaired) electrons. The van der Waals surface area contributed by atoms with E-state index in [1.165, 1.54) is 38.5 Å². The van der Waals surface area contributed by atoms with E-state index in [1.54, 1.807) is 6.08 Å². The van der Waals surface area contributed by atoms with Gasteiger partial charge in [-0.25, -0.2) is 0 Å². The summed E-state index contributed by atoms with van der Waals surface area (Å²) in [7, 11) is 0. The van der Waals surface area contributed by atoms with Crippen LogP contribution in [0.1, 0.15) is 64.7 Å². The van der Waals surface area contributed by atoms with Crippen molar-refractivity contribution < 1.29 is 9.90 Å². The van der Waals surface area contributed by atoms with Gasteiger partial charge in [-0.05, 0) is 68.6 Å². The largest absolute Gasteiger partial charge is 0.481 e. The number of carboxylic acids is 1. The topological polar surface area (TPSA) is 37.3 Å². The maximum atomic E-state index is 11.4. The van der Waals surface area contributed by atoms with Crippen molar-refractivity contribution in [3.63, 3.8) is 0 Å². The quantitative estimate of drug-likeness (QED) is 0.726. The number of allylic oxidation sites excluding steroid dienone is 1. The number of rotatable bonds is 5. The Hall–Kier alpha value is -0.790. The molecule has 1 unspecified atom stereocenters. The van der Waals surface area contributed by atoms with Gasteiger partial charge in [-0.15, -0.1) is 6.58 Å². The van der Waals surface area contributed by atoms with Crippen LogP contribution < -0.4 is 0 Å². The molecule has 0 aromatic heterocycles. The minimum Gasteiger partial charge on any atom is -0.481 e. The first-order valence-corrected chi connectivity index (χ1v) is 8.45. The summed E-state index contributed by atoms with van der Waals surface area (Å²) in [6.45, 7) is 6.08. The third-order valence-electron chi connectivity index (χ3n) is 5.85. The molecule has 0 bridgehead atoms. The summed E-state index contributed by atoms with van der Waals surface area (Å²) >= 11 is 0. The first-order chi connectivity index (χ1) is 9.61. The van der Waals surface area contributed by atoms with Gasteiger partial charge in [0.1, 0.15) is 0 Å². The highest BCUT2D eigenvalue weighted by molar-refractivity contribution is 5.70. The number of carboxylic acid groups (broad SMARTS) is 1. The zero-order valence-electron chi connectivity index (χ0n) is 12.9. The molecule has 1 N–H and O–H groups in total. The Kier molecular flexibility index (Phi) is 5.68. The average Bonchev–Trinajstić information content (AvgIpc) is 2.45. The molecule has 2 aliphatic rings. The molecule has 0 aliphatic heterocycles. The molecule has 20 heavy (non-hydrogen) atoms. The van der Waals surface area contributed by atoms with Crippen LogP contribution in [0.25, 0.3) is 0 Å². The second kappa shape index (κ2) is 7.28. The summed E-state index contributed by atoms with van der Waals surface area (Å²) in [6.07, 6.45) is 12.8. The molecule has 0 aromatic carbocycles. The van der Waals surface area contributed by atoms with E-state index < -0.39 is 5.97 Å². The molecule has 2 heteroatoms. The molecule has 0 spiro atoms. The first-order valence-electron chi connectivity index (χ1n) is 8.45. The second-order valence-electron chi connectivity index (χ2n) is 7.16. The minimum absolute atomic E-state index is 0.195. The van der Waals surface area contributed by atoms with Crippen LogP contribution in [0, 0.1) is 29.6 Å². The lowest BCUT2D eigenvalue weighted by Crippen LogP contribution is -2.30. The zero-order valence-corrected chi connectivity index (χ0v) is 12.9. The summed E-state index contributed by atoms with van der Waals surface area (Å²) in [5.74, 6) is 2.28. The van der Waals surface area contributed by atoms with Crippen LogP contribution in [0.2, 0.25) is 0 Å². The molecular formula is C18H30O2. The Morgan fingerprint density at radius 1 is 1.10 bits per heavy atom. The molecule has 2 saturated carbocycles. The molecule has 2 rings (SSSR count). The van der Waals surface area contributed by atoms with Gasteiger partial charge < -0.3 is 5.11 Å². The first kappa shape index (κ1) is 15.6. The van der Waals surface area contributed by atoms with E-state index in [1.807, 2.05) is 0 Å². The number of hydrogen-bond acceptors (Lipinski definition) is 1. The van der Waals surface area contributed by atoms with Gasteiger partial charge >= 0.3 is 5.97 Å². The zero-order chi connectivity index (χ0) is 14.5. The Morgan fingerprint density at radius 3 is 2.05 bits per heavy atom. The van der Waals surface area contributed by atoms with Crippen LogP contribution in [0.3, 0.4) is 0 Å². The van der Waals surface area contributed by atoms with E-state index in [2.05, 4.69) is 13.5 Å². The van der Waals surface area contributed by atoms with Crippen LogP contribution in [-0.4, -0.2) is 11.1 Å². The maximum absolute atomic E-state index is 11.4. The van der Waals surface area contributed by atoms with Crippen LogP contribution >= 0.6 is 0 Å². The van der Waals surface area contributed by atoms with Crippen molar-refractivity contribution >= 4 is 5.97 Å². The molecule has 114 valence electrons. The lowest BCUT2D eigenvalue weighted by atomic mass is 9.67. The maximum Gasteiger partial charge on any atom is 0.307 e. The van der Waals surface area contributed by atoms with E-state index in [0.29, 0.717) is 12.3 Å². The molecule has 0 aromatic rings. The fourth-order valence-corrected chi connectivity index (χ4v) is 4.45. The van der Waals surface area contributed by atoms with E-state index in [0.717, 1.165) is 30.6 Å². The molecule has 2 fully saturated rings. The molecule has 0 amide bonds. The Labute approximate surface area is 123 Å². The SMILES string of the molecule is C=CCC(C(=O)O)[C@H]1CC[C@H]([C@H]2CC[C@H](C)CC2)CC1. The van der Waals surface area contributed by atoms with Gasteiger partial charge in [0.05, 0.1) is 5.92 Å². The van der Waals surface area contributed by atoms with Crippen molar-refractivity contribution in [1.29, 1.82) is 0 Å². The summed E-state index contributed by atoms with van der Waals surface area (Å²) in [6, 6.07) is 0. The molecular weight excluding hydrogens is 248 g/mol. The number of carbonyl (C=O) groups is 1. The Morgan fingerprint density at radius 2 is 1.60 bits per heavy atom. The summed E-state index contributed by atoms with van der Waals surface area (Å²) < 4.78 is 0. The van der Waals surface area contributed by atoms with E-state index >= 15 is 0 Å². The Bertz CT molecular complexity index is 320. The lowest BCUT2D eigenvalue weighted by molar-refractivity contribution is -0.144. The highest BCUT2D eigenvalue weighted by atomic mass is 16.4. The average molecular weight is 278 g/mol. The van der Waals surface area contributed by atoms with Crippen LogP contribution in [-0.2, 0) is 4.79 Å². The van der Waals surface area contributed by atoms with Crippen LogP contribution in [0.15, 0.2) is 12.7 Å². The molecule has 2 aliphatic carbocycles. The third kappa shape index (κ3) is 3.86. The minimum atomic E-state index is -0.625. The fourth-order valence-electron chi connectivity index (χ4n) is 4.45. The molecule has 0 saturated heterocycles. The third-order valence-corrected chi connectivity index (χ3v) is 5.85. The fraction of sp³-hybridized carbons (Fsp3) is 0.833. The summed E-state index contributed by atoms with van der Waals surface area (Å²) in [4.78, 5) is 11.4. The Balaban J connectivity index is 1.82. The highest BCUT2D eigenvalue weighted by Gasteiger charge is 2.34. The lowest BCUT2D eigenvalue weighted by Gasteiger charge is -2.38. The van der Waals surface area contributed by atoms with Crippen molar-refractivity contribution in [2.75, 3.05) is 0 Å². The van der Waals surface area contributed by atoms with Crippen molar-refractivity contribution in [2.45, 2.75) is 64.7 Å². The highest BCUT2D eigenvalue weighted by Crippen LogP contribution is 2.43. The van der Waals surface area contributed by atoms with Crippen molar-refractivity contribution in [2.24, 2.45) is 29.6 Å². The number of aliphatic carboxylic acids is 1. The van der Waals surface area contributed by atoms with Crippen LogP contribution in [0.5, 0.6) is 0 Å². The van der Waals surface area contributed by atoms with Crippen LogP contribution in [0.4, 0.5) is 0 Å². The molecule has 1 atom stereocenters.